The normalized spacial score (nSPS) is 10.6. The molecule has 124 valence electrons. The molecule has 2 rings (SSSR count). The maximum absolute atomic E-state index is 12.2. The van der Waals surface area contributed by atoms with Crippen LogP contribution >= 0.6 is 0 Å². The topological polar surface area (TPSA) is 57.9 Å². The van der Waals surface area contributed by atoms with E-state index in [0.29, 0.717) is 17.7 Å². The Labute approximate surface area is 131 Å². The highest BCUT2D eigenvalue weighted by Crippen LogP contribution is 2.29. The molecular weight excluding hydrogens is 310 g/mol. The minimum absolute atomic E-state index is 0.0162. The number of carbonyl (C=O) groups is 1. The van der Waals surface area contributed by atoms with Gasteiger partial charge >= 0.3 is 12.6 Å². The van der Waals surface area contributed by atoms with Crippen molar-refractivity contribution < 1.29 is 32.2 Å². The smallest absolute Gasteiger partial charge is 0.387 e. The molecule has 0 bridgehead atoms. The van der Waals surface area contributed by atoms with E-state index >= 15 is 0 Å². The minimum Gasteiger partial charge on any atom is -0.493 e. The monoisotopic (exact) mass is 326 g/mol. The van der Waals surface area contributed by atoms with Crippen LogP contribution in [0.3, 0.4) is 0 Å². The molecule has 23 heavy (non-hydrogen) atoms. The Hall–Kier alpha value is -2.57. The molecule has 0 saturated carbocycles. The fourth-order valence-electron chi connectivity index (χ4n) is 1.91. The third-order valence-corrected chi connectivity index (χ3v) is 3.00. The van der Waals surface area contributed by atoms with Crippen molar-refractivity contribution in [2.24, 2.45) is 0 Å². The number of benzene rings is 1. The molecule has 0 atom stereocenters. The van der Waals surface area contributed by atoms with Crippen molar-refractivity contribution in [1.29, 1.82) is 0 Å². The summed E-state index contributed by atoms with van der Waals surface area (Å²) < 4.78 is 44.0. The number of esters is 1. The first kappa shape index (κ1) is 16.8. The second-order valence-electron chi connectivity index (χ2n) is 4.60. The van der Waals surface area contributed by atoms with Gasteiger partial charge in [0.2, 0.25) is 0 Å². The molecular formula is C16H16F2O5. The molecule has 1 heterocycles. The van der Waals surface area contributed by atoms with Gasteiger partial charge < -0.3 is 18.6 Å². The van der Waals surface area contributed by atoms with E-state index in [-0.39, 0.29) is 30.5 Å². The average Bonchev–Trinajstić information content (AvgIpc) is 3.04. The fraction of sp³-hybridized carbons (Fsp3) is 0.312. The van der Waals surface area contributed by atoms with Gasteiger partial charge in [0.25, 0.3) is 0 Å². The molecule has 0 aliphatic rings. The van der Waals surface area contributed by atoms with E-state index in [0.717, 1.165) is 0 Å². The summed E-state index contributed by atoms with van der Waals surface area (Å²) in [6, 6.07) is 7.88. The molecule has 1 aromatic heterocycles. The number of methoxy groups -OCH3 is 1. The molecule has 0 N–H and O–H groups in total. The van der Waals surface area contributed by atoms with E-state index in [2.05, 4.69) is 4.74 Å². The molecule has 0 aliphatic heterocycles. The van der Waals surface area contributed by atoms with E-state index in [4.69, 9.17) is 13.9 Å². The van der Waals surface area contributed by atoms with Crippen LogP contribution in [0.1, 0.15) is 17.7 Å². The third-order valence-electron chi connectivity index (χ3n) is 3.00. The fourth-order valence-corrected chi connectivity index (χ4v) is 1.91. The van der Waals surface area contributed by atoms with Gasteiger partial charge in [-0.2, -0.15) is 8.78 Å². The number of furan rings is 1. The SMILES string of the molecule is COc1cc(COC(=O)CCc2ccco2)ccc1OC(F)F. The van der Waals surface area contributed by atoms with Gasteiger partial charge in [-0.25, -0.2) is 0 Å². The molecule has 0 aliphatic carbocycles. The Morgan fingerprint density at radius 2 is 2.09 bits per heavy atom. The molecule has 0 radical (unpaired) electrons. The Kier molecular flexibility index (Phi) is 5.96. The Morgan fingerprint density at radius 3 is 2.74 bits per heavy atom. The summed E-state index contributed by atoms with van der Waals surface area (Å²) in [6.07, 6.45) is 2.18. The number of aryl methyl sites for hydroxylation is 1. The van der Waals surface area contributed by atoms with Gasteiger partial charge in [0, 0.05) is 6.42 Å². The van der Waals surface area contributed by atoms with Gasteiger partial charge in [0.15, 0.2) is 11.5 Å². The quantitative estimate of drug-likeness (QED) is 0.694. The molecule has 0 fully saturated rings. The summed E-state index contributed by atoms with van der Waals surface area (Å²) in [5.74, 6) is 0.398. The van der Waals surface area contributed by atoms with Crippen LogP contribution in [0.4, 0.5) is 8.78 Å². The minimum atomic E-state index is -2.94. The summed E-state index contributed by atoms with van der Waals surface area (Å²) in [5.41, 5.74) is 0.606. The Morgan fingerprint density at radius 1 is 1.26 bits per heavy atom. The lowest BCUT2D eigenvalue weighted by molar-refractivity contribution is -0.145. The predicted molar refractivity (Wildman–Crippen MR) is 76.5 cm³/mol. The van der Waals surface area contributed by atoms with E-state index in [1.54, 1.807) is 12.1 Å². The first-order valence-corrected chi connectivity index (χ1v) is 6.88. The molecule has 0 amide bonds. The molecule has 5 nitrogen and oxygen atoms in total. The number of halogens is 2. The number of alkyl halides is 2. The average molecular weight is 326 g/mol. The largest absolute Gasteiger partial charge is 0.493 e. The highest BCUT2D eigenvalue weighted by Gasteiger charge is 2.12. The van der Waals surface area contributed by atoms with E-state index in [9.17, 15) is 13.6 Å². The van der Waals surface area contributed by atoms with Crippen LogP contribution in [0.2, 0.25) is 0 Å². The molecule has 0 spiro atoms. The van der Waals surface area contributed by atoms with Crippen LogP contribution in [0.25, 0.3) is 0 Å². The maximum atomic E-state index is 12.2. The standard InChI is InChI=1S/C16H16F2O5/c1-20-14-9-11(4-6-13(14)23-16(17)18)10-22-15(19)7-5-12-3-2-8-21-12/h2-4,6,8-9,16H,5,7,10H2,1H3. The highest BCUT2D eigenvalue weighted by molar-refractivity contribution is 5.69. The molecule has 1 aromatic carbocycles. The first-order chi connectivity index (χ1) is 11.1. The van der Waals surface area contributed by atoms with E-state index < -0.39 is 6.61 Å². The number of rotatable bonds is 8. The van der Waals surface area contributed by atoms with Crippen LogP contribution in [-0.4, -0.2) is 19.7 Å². The van der Waals surface area contributed by atoms with Crippen molar-refractivity contribution in [1.82, 2.24) is 0 Å². The second kappa shape index (κ2) is 8.17. The summed E-state index contributed by atoms with van der Waals surface area (Å²) in [4.78, 5) is 11.7. The molecule has 7 heteroatoms. The van der Waals surface area contributed by atoms with Gasteiger partial charge in [-0.3, -0.25) is 4.79 Å². The zero-order valence-electron chi connectivity index (χ0n) is 12.5. The van der Waals surface area contributed by atoms with Crippen molar-refractivity contribution in [3.63, 3.8) is 0 Å². The van der Waals surface area contributed by atoms with Crippen LogP contribution in [-0.2, 0) is 22.6 Å². The molecule has 0 unspecified atom stereocenters. The predicted octanol–water partition coefficient (Wildman–Crippen LogP) is 3.57. The van der Waals surface area contributed by atoms with E-state index in [1.807, 2.05) is 0 Å². The number of ether oxygens (including phenoxy) is 3. The van der Waals surface area contributed by atoms with Gasteiger partial charge in [-0.15, -0.1) is 0 Å². The van der Waals surface area contributed by atoms with Crippen LogP contribution < -0.4 is 9.47 Å². The van der Waals surface area contributed by atoms with Crippen LogP contribution in [0.5, 0.6) is 11.5 Å². The zero-order chi connectivity index (χ0) is 16.7. The van der Waals surface area contributed by atoms with Gasteiger partial charge in [-0.1, -0.05) is 6.07 Å². The molecule has 2 aromatic rings. The third kappa shape index (κ3) is 5.28. The summed E-state index contributed by atoms with van der Waals surface area (Å²) in [7, 11) is 1.34. The lowest BCUT2D eigenvalue weighted by Crippen LogP contribution is -2.07. The molecule has 0 saturated heterocycles. The van der Waals surface area contributed by atoms with Crippen molar-refractivity contribution in [3.8, 4) is 11.5 Å². The number of hydrogen-bond acceptors (Lipinski definition) is 5. The van der Waals surface area contributed by atoms with Crippen LogP contribution in [0, 0.1) is 0 Å². The van der Waals surface area contributed by atoms with Crippen molar-refractivity contribution in [3.05, 3.63) is 47.9 Å². The first-order valence-electron chi connectivity index (χ1n) is 6.88. The van der Waals surface area contributed by atoms with Gasteiger partial charge in [0.1, 0.15) is 12.4 Å². The van der Waals surface area contributed by atoms with Gasteiger partial charge in [-0.05, 0) is 29.8 Å². The van der Waals surface area contributed by atoms with Crippen molar-refractivity contribution >= 4 is 5.97 Å². The van der Waals surface area contributed by atoms with Crippen LogP contribution in [0.15, 0.2) is 41.0 Å². The Bertz CT molecular complexity index is 625. The summed E-state index contributed by atoms with van der Waals surface area (Å²) in [5, 5.41) is 0. The number of hydrogen-bond donors (Lipinski definition) is 0. The summed E-state index contributed by atoms with van der Waals surface area (Å²) >= 11 is 0. The van der Waals surface area contributed by atoms with Crippen molar-refractivity contribution in [2.75, 3.05) is 7.11 Å². The number of carbonyl (C=O) groups excluding carboxylic acids is 1. The lowest BCUT2D eigenvalue weighted by atomic mass is 10.2. The highest BCUT2D eigenvalue weighted by atomic mass is 19.3. The zero-order valence-corrected chi connectivity index (χ0v) is 12.5. The lowest BCUT2D eigenvalue weighted by Gasteiger charge is -2.11. The van der Waals surface area contributed by atoms with Gasteiger partial charge in [0.05, 0.1) is 19.8 Å². The summed E-state index contributed by atoms with van der Waals surface area (Å²) in [6.45, 7) is -2.92. The second-order valence-corrected chi connectivity index (χ2v) is 4.60. The Balaban J connectivity index is 1.86. The van der Waals surface area contributed by atoms with E-state index in [1.165, 1.54) is 31.6 Å². The van der Waals surface area contributed by atoms with Crippen molar-refractivity contribution in [2.45, 2.75) is 26.1 Å². The maximum Gasteiger partial charge on any atom is 0.387 e.